The van der Waals surface area contributed by atoms with Crippen LogP contribution in [0.25, 0.3) is 0 Å². The Kier molecular flexibility index (Phi) is 5.02. The highest BCUT2D eigenvalue weighted by Gasteiger charge is 2.04. The third-order valence-electron chi connectivity index (χ3n) is 3.13. The predicted molar refractivity (Wildman–Crippen MR) is 91.9 cm³/mol. The molecule has 2 rings (SSSR count). The van der Waals surface area contributed by atoms with E-state index in [9.17, 15) is 4.79 Å². The lowest BCUT2D eigenvalue weighted by Crippen LogP contribution is -2.21. The van der Waals surface area contributed by atoms with Crippen LogP contribution in [0.4, 0.5) is 11.4 Å². The zero-order valence-corrected chi connectivity index (χ0v) is 14.0. The number of benzene rings is 2. The topological polar surface area (TPSA) is 41.1 Å². The molecule has 1 amide bonds. The first-order valence-corrected chi connectivity index (χ1v) is 7.61. The number of amides is 1. The van der Waals surface area contributed by atoms with Gasteiger partial charge in [-0.15, -0.1) is 0 Å². The maximum atomic E-state index is 12.0. The molecular formula is C17H19BrN2O. The summed E-state index contributed by atoms with van der Waals surface area (Å²) in [7, 11) is 0. The summed E-state index contributed by atoms with van der Waals surface area (Å²) >= 11 is 3.48. The van der Waals surface area contributed by atoms with Gasteiger partial charge in [-0.3, -0.25) is 4.79 Å². The van der Waals surface area contributed by atoms with Crippen LogP contribution in [0.5, 0.6) is 0 Å². The van der Waals surface area contributed by atoms with Crippen molar-refractivity contribution in [2.75, 3.05) is 17.2 Å². The Morgan fingerprint density at radius 2 is 1.67 bits per heavy atom. The molecule has 4 heteroatoms. The molecule has 0 radical (unpaired) electrons. The molecule has 0 unspecified atom stereocenters. The second-order valence-corrected chi connectivity index (χ2v) is 6.10. The summed E-state index contributed by atoms with van der Waals surface area (Å²) in [6.45, 7) is 6.30. The largest absolute Gasteiger partial charge is 0.376 e. The van der Waals surface area contributed by atoms with Crippen LogP contribution >= 0.6 is 15.9 Å². The van der Waals surface area contributed by atoms with Crippen LogP contribution in [-0.2, 0) is 4.79 Å². The maximum Gasteiger partial charge on any atom is 0.243 e. The zero-order chi connectivity index (χ0) is 15.4. The number of hydrogen-bond acceptors (Lipinski definition) is 2. The fourth-order valence-corrected chi connectivity index (χ4v) is 2.52. The quantitative estimate of drug-likeness (QED) is 0.859. The van der Waals surface area contributed by atoms with E-state index in [0.29, 0.717) is 0 Å². The normalized spacial score (nSPS) is 10.3. The molecule has 0 fully saturated rings. The average molecular weight is 347 g/mol. The number of aryl methyl sites for hydroxylation is 3. The van der Waals surface area contributed by atoms with Crippen molar-refractivity contribution in [3.63, 3.8) is 0 Å². The molecule has 0 saturated carbocycles. The number of anilines is 2. The lowest BCUT2D eigenvalue weighted by atomic mass is 10.1. The Labute approximate surface area is 133 Å². The molecule has 0 aliphatic carbocycles. The van der Waals surface area contributed by atoms with E-state index in [1.54, 1.807) is 0 Å². The van der Waals surface area contributed by atoms with Crippen molar-refractivity contribution >= 4 is 33.2 Å². The predicted octanol–water partition coefficient (Wildman–Crippen LogP) is 4.42. The van der Waals surface area contributed by atoms with Crippen molar-refractivity contribution in [2.45, 2.75) is 20.8 Å². The van der Waals surface area contributed by atoms with E-state index >= 15 is 0 Å². The summed E-state index contributed by atoms with van der Waals surface area (Å²) < 4.78 is 1.03. The first-order chi connectivity index (χ1) is 9.94. The first-order valence-electron chi connectivity index (χ1n) is 6.82. The molecule has 110 valence electrons. The van der Waals surface area contributed by atoms with E-state index in [1.165, 1.54) is 5.56 Å². The molecule has 0 bridgehead atoms. The minimum absolute atomic E-state index is 0.0586. The van der Waals surface area contributed by atoms with Crippen molar-refractivity contribution in [1.29, 1.82) is 0 Å². The molecule has 3 nitrogen and oxygen atoms in total. The number of nitrogens with one attached hydrogen (secondary N) is 2. The van der Waals surface area contributed by atoms with E-state index in [2.05, 4.69) is 32.6 Å². The fraction of sp³-hybridized carbons (Fsp3) is 0.235. The molecule has 0 spiro atoms. The van der Waals surface area contributed by atoms with E-state index in [4.69, 9.17) is 0 Å². The average Bonchev–Trinajstić information content (AvgIpc) is 2.39. The summed E-state index contributed by atoms with van der Waals surface area (Å²) in [5.41, 5.74) is 5.20. The van der Waals surface area contributed by atoms with Gasteiger partial charge in [-0.25, -0.2) is 0 Å². The number of carbonyl (C=O) groups is 1. The molecule has 0 atom stereocenters. The van der Waals surface area contributed by atoms with Crippen LogP contribution in [0.3, 0.4) is 0 Å². The third-order valence-corrected chi connectivity index (χ3v) is 3.98. The van der Waals surface area contributed by atoms with Gasteiger partial charge >= 0.3 is 0 Å². The molecule has 0 saturated heterocycles. The lowest BCUT2D eigenvalue weighted by molar-refractivity contribution is -0.114. The van der Waals surface area contributed by atoms with E-state index in [0.717, 1.165) is 27.0 Å². The van der Waals surface area contributed by atoms with Crippen LogP contribution in [0.1, 0.15) is 16.7 Å². The smallest absolute Gasteiger partial charge is 0.243 e. The number of hydrogen-bond donors (Lipinski definition) is 2. The zero-order valence-electron chi connectivity index (χ0n) is 12.5. The molecule has 0 aliphatic heterocycles. The highest BCUT2D eigenvalue weighted by atomic mass is 79.9. The monoisotopic (exact) mass is 346 g/mol. The van der Waals surface area contributed by atoms with Gasteiger partial charge in [0.05, 0.1) is 6.54 Å². The highest BCUT2D eigenvalue weighted by molar-refractivity contribution is 9.10. The van der Waals surface area contributed by atoms with Crippen LogP contribution in [0.15, 0.2) is 40.9 Å². The Morgan fingerprint density at radius 1 is 1.00 bits per heavy atom. The van der Waals surface area contributed by atoms with E-state index in [1.807, 2.05) is 51.1 Å². The lowest BCUT2D eigenvalue weighted by Gasteiger charge is -2.10. The molecule has 21 heavy (non-hydrogen) atoms. The standard InChI is InChI=1S/C17H19BrN2O/c1-11-6-12(2)8-15(7-11)20-17(21)10-19-14-5-4-13(3)16(18)9-14/h4-9,19H,10H2,1-3H3,(H,20,21). The number of carbonyl (C=O) groups excluding carboxylic acids is 1. The van der Waals surface area contributed by atoms with Crippen LogP contribution < -0.4 is 10.6 Å². The van der Waals surface area contributed by atoms with Crippen LogP contribution in [-0.4, -0.2) is 12.5 Å². The maximum absolute atomic E-state index is 12.0. The second kappa shape index (κ2) is 6.76. The molecule has 0 heterocycles. The van der Waals surface area contributed by atoms with Crippen molar-refractivity contribution in [3.05, 3.63) is 57.6 Å². The van der Waals surface area contributed by atoms with Crippen molar-refractivity contribution in [1.82, 2.24) is 0 Å². The van der Waals surface area contributed by atoms with E-state index < -0.39 is 0 Å². The Morgan fingerprint density at radius 3 is 2.29 bits per heavy atom. The summed E-state index contributed by atoms with van der Waals surface area (Å²) in [4.78, 5) is 12.0. The molecular weight excluding hydrogens is 328 g/mol. The minimum Gasteiger partial charge on any atom is -0.376 e. The summed E-state index contributed by atoms with van der Waals surface area (Å²) in [6, 6.07) is 12.0. The number of halogens is 1. The van der Waals surface area contributed by atoms with Crippen LogP contribution in [0, 0.1) is 20.8 Å². The summed E-state index contributed by atoms with van der Waals surface area (Å²) in [5, 5.41) is 6.03. The SMILES string of the molecule is Cc1cc(C)cc(NC(=O)CNc2ccc(C)c(Br)c2)c1. The van der Waals surface area contributed by atoms with Gasteiger partial charge in [-0.05, 0) is 61.7 Å². The van der Waals surface area contributed by atoms with Crippen molar-refractivity contribution in [2.24, 2.45) is 0 Å². The number of rotatable bonds is 4. The molecule has 0 aliphatic rings. The van der Waals surface area contributed by atoms with Gasteiger partial charge in [0, 0.05) is 15.8 Å². The van der Waals surface area contributed by atoms with Gasteiger partial charge in [-0.1, -0.05) is 28.1 Å². The highest BCUT2D eigenvalue weighted by Crippen LogP contribution is 2.20. The third kappa shape index (κ3) is 4.60. The molecule has 2 aromatic carbocycles. The Balaban J connectivity index is 1.94. The first kappa shape index (κ1) is 15.6. The van der Waals surface area contributed by atoms with E-state index in [-0.39, 0.29) is 12.5 Å². The van der Waals surface area contributed by atoms with Crippen LogP contribution in [0.2, 0.25) is 0 Å². The summed E-state index contributed by atoms with van der Waals surface area (Å²) in [5.74, 6) is -0.0586. The molecule has 2 aromatic rings. The van der Waals surface area contributed by atoms with Gasteiger partial charge in [-0.2, -0.15) is 0 Å². The second-order valence-electron chi connectivity index (χ2n) is 5.24. The van der Waals surface area contributed by atoms with Gasteiger partial charge in [0.2, 0.25) is 5.91 Å². The molecule has 0 aromatic heterocycles. The van der Waals surface area contributed by atoms with Gasteiger partial charge in [0.15, 0.2) is 0 Å². The fourth-order valence-electron chi connectivity index (χ4n) is 2.14. The van der Waals surface area contributed by atoms with Crippen molar-refractivity contribution in [3.8, 4) is 0 Å². The van der Waals surface area contributed by atoms with Gasteiger partial charge < -0.3 is 10.6 Å². The Hall–Kier alpha value is -1.81. The van der Waals surface area contributed by atoms with Gasteiger partial charge in [0.25, 0.3) is 0 Å². The molecule has 2 N–H and O–H groups in total. The Bertz CT molecular complexity index is 648. The summed E-state index contributed by atoms with van der Waals surface area (Å²) in [6.07, 6.45) is 0. The van der Waals surface area contributed by atoms with Gasteiger partial charge in [0.1, 0.15) is 0 Å². The van der Waals surface area contributed by atoms with Crippen molar-refractivity contribution < 1.29 is 4.79 Å². The minimum atomic E-state index is -0.0586.